The summed E-state index contributed by atoms with van der Waals surface area (Å²) in [6.07, 6.45) is 19.5. The summed E-state index contributed by atoms with van der Waals surface area (Å²) in [7, 11) is -4.59. The van der Waals surface area contributed by atoms with Crippen LogP contribution in [0.2, 0.25) is 0 Å². The van der Waals surface area contributed by atoms with Gasteiger partial charge in [-0.3, -0.25) is 9.35 Å². The van der Waals surface area contributed by atoms with Gasteiger partial charge in [0, 0.05) is 6.42 Å². The van der Waals surface area contributed by atoms with Crippen molar-refractivity contribution < 1.29 is 22.9 Å². The van der Waals surface area contributed by atoms with E-state index >= 15 is 0 Å². The van der Waals surface area contributed by atoms with Crippen LogP contribution in [0.1, 0.15) is 104 Å². The maximum Gasteiger partial charge on any atom is 0.279 e. The maximum absolute atomic E-state index is 12.0. The number of hydrogen-bond acceptors (Lipinski definition) is 4. The largest absolute Gasteiger partial charge is 0.394 e. The van der Waals surface area contributed by atoms with Crippen molar-refractivity contribution in [1.29, 1.82) is 0 Å². The van der Waals surface area contributed by atoms with Crippen LogP contribution < -0.4 is 0 Å². The third kappa shape index (κ3) is 11.7. The predicted molar refractivity (Wildman–Crippen MR) is 111 cm³/mol. The van der Waals surface area contributed by atoms with E-state index in [0.717, 1.165) is 39.0 Å². The lowest BCUT2D eigenvalue weighted by Gasteiger charge is -2.21. The number of carbonyl (C=O) groups is 1. The number of Topliss-reactive ketones (excluding diaryl/α,β-unsaturated/α-hetero) is 1. The zero-order chi connectivity index (χ0) is 20.6. The van der Waals surface area contributed by atoms with Gasteiger partial charge in [0.1, 0.15) is 0 Å². The predicted octanol–water partition coefficient (Wildman–Crippen LogP) is 5.23. The minimum Gasteiger partial charge on any atom is -0.394 e. The number of hydrogen-bond donors (Lipinski definition) is 2. The zero-order valence-electron chi connectivity index (χ0n) is 17.3. The Labute approximate surface area is 166 Å². The number of rotatable bonds is 18. The first-order valence-corrected chi connectivity index (χ1v) is 12.0. The van der Waals surface area contributed by atoms with E-state index in [4.69, 9.17) is 9.66 Å². The molecule has 2 N–H and O–H groups in total. The van der Waals surface area contributed by atoms with Crippen LogP contribution in [-0.2, 0) is 14.9 Å². The van der Waals surface area contributed by atoms with Crippen LogP contribution in [-0.4, -0.2) is 35.2 Å². The maximum atomic E-state index is 12.0. The number of aliphatic hydroxyl groups excluding tert-OH is 1. The second kappa shape index (κ2) is 15.2. The van der Waals surface area contributed by atoms with Crippen molar-refractivity contribution >= 4 is 15.9 Å². The molecule has 0 saturated heterocycles. The van der Waals surface area contributed by atoms with Crippen LogP contribution in [0, 0.1) is 0 Å². The Balaban J connectivity index is 3.62. The van der Waals surface area contributed by atoms with E-state index < -0.39 is 27.3 Å². The number of ketones is 1. The Morgan fingerprint density at radius 3 is 1.74 bits per heavy atom. The highest BCUT2D eigenvalue weighted by Crippen LogP contribution is 2.20. The van der Waals surface area contributed by atoms with Crippen LogP contribution in [0.3, 0.4) is 0 Å². The summed E-state index contributed by atoms with van der Waals surface area (Å²) in [5, 5.41) is 9.15. The van der Waals surface area contributed by atoms with Crippen molar-refractivity contribution in [3.8, 4) is 0 Å². The number of allylic oxidation sites excluding steroid dienone is 2. The molecule has 0 aliphatic rings. The van der Waals surface area contributed by atoms with Crippen molar-refractivity contribution in [2.24, 2.45) is 0 Å². The van der Waals surface area contributed by atoms with Crippen LogP contribution in [0.5, 0.6) is 0 Å². The van der Waals surface area contributed by atoms with E-state index in [0.29, 0.717) is 6.42 Å². The lowest BCUT2D eigenvalue weighted by Crippen LogP contribution is -2.46. The molecule has 27 heavy (non-hydrogen) atoms. The van der Waals surface area contributed by atoms with E-state index in [9.17, 15) is 13.2 Å². The third-order valence-corrected chi connectivity index (χ3v) is 6.62. The molecule has 0 aromatic carbocycles. The van der Waals surface area contributed by atoms with Crippen molar-refractivity contribution in [3.63, 3.8) is 0 Å². The lowest BCUT2D eigenvalue weighted by molar-refractivity contribution is -0.122. The summed E-state index contributed by atoms with van der Waals surface area (Å²) in [4.78, 5) is 12.0. The molecular weight excluding hydrogens is 364 g/mol. The summed E-state index contributed by atoms with van der Waals surface area (Å²) < 4.78 is 29.5. The molecule has 0 aromatic heterocycles. The highest BCUT2D eigenvalue weighted by molar-refractivity contribution is 7.88. The Morgan fingerprint density at radius 1 is 0.852 bits per heavy atom. The van der Waals surface area contributed by atoms with Crippen molar-refractivity contribution in [1.82, 2.24) is 0 Å². The SMILES string of the molecule is CCCCCCCCC=CCCCCCCCC(=O)C(C)(CO)S(=O)(=O)O. The van der Waals surface area contributed by atoms with Crippen molar-refractivity contribution in [3.05, 3.63) is 12.2 Å². The minimum atomic E-state index is -4.59. The second-order valence-corrected chi connectivity index (χ2v) is 9.47. The highest BCUT2D eigenvalue weighted by atomic mass is 32.2. The molecule has 160 valence electrons. The smallest absolute Gasteiger partial charge is 0.279 e. The molecule has 0 bridgehead atoms. The van der Waals surface area contributed by atoms with Gasteiger partial charge in [0.2, 0.25) is 0 Å². The van der Waals surface area contributed by atoms with Gasteiger partial charge in [0.25, 0.3) is 10.1 Å². The average molecular weight is 405 g/mol. The molecule has 0 saturated carbocycles. The summed E-state index contributed by atoms with van der Waals surface area (Å²) in [6, 6.07) is 0. The molecule has 6 heteroatoms. The molecule has 0 aliphatic heterocycles. The minimum absolute atomic E-state index is 0.0645. The molecule has 1 unspecified atom stereocenters. The van der Waals surface area contributed by atoms with E-state index in [-0.39, 0.29) is 6.42 Å². The molecular formula is C21H40O5S. The van der Waals surface area contributed by atoms with Gasteiger partial charge < -0.3 is 5.11 Å². The van der Waals surface area contributed by atoms with Gasteiger partial charge in [-0.25, -0.2) is 0 Å². The quantitative estimate of drug-likeness (QED) is 0.185. The Kier molecular flexibility index (Phi) is 14.8. The molecule has 0 rings (SSSR count). The average Bonchev–Trinajstić information content (AvgIpc) is 2.62. The number of aliphatic hydroxyl groups is 1. The second-order valence-electron chi connectivity index (χ2n) is 7.62. The molecule has 0 aliphatic carbocycles. The van der Waals surface area contributed by atoms with Crippen LogP contribution in [0.15, 0.2) is 12.2 Å². The normalized spacial score (nSPS) is 14.5. The monoisotopic (exact) mass is 404 g/mol. The summed E-state index contributed by atoms with van der Waals surface area (Å²) in [5.41, 5.74) is 0. The Hall–Kier alpha value is -0.720. The van der Waals surface area contributed by atoms with Crippen LogP contribution in [0.4, 0.5) is 0 Å². The van der Waals surface area contributed by atoms with Gasteiger partial charge in [-0.2, -0.15) is 8.42 Å². The van der Waals surface area contributed by atoms with Crippen LogP contribution >= 0.6 is 0 Å². The van der Waals surface area contributed by atoms with Gasteiger partial charge >= 0.3 is 0 Å². The standard InChI is InChI=1S/C21H40O5S/c1-3-4-5-6-7-8-9-10-11-12-13-14-15-16-17-18-20(23)21(2,19-22)27(24,25)26/h10-11,22H,3-9,12-19H2,1-2H3,(H,24,25,26). The molecule has 5 nitrogen and oxygen atoms in total. The first-order valence-electron chi connectivity index (χ1n) is 10.6. The summed E-state index contributed by atoms with van der Waals surface area (Å²) >= 11 is 0. The van der Waals surface area contributed by atoms with E-state index in [2.05, 4.69) is 19.1 Å². The fourth-order valence-electron chi connectivity index (χ4n) is 2.93. The lowest BCUT2D eigenvalue weighted by atomic mass is 10.00. The molecule has 0 radical (unpaired) electrons. The van der Waals surface area contributed by atoms with Gasteiger partial charge in [-0.05, 0) is 39.0 Å². The highest BCUT2D eigenvalue weighted by Gasteiger charge is 2.44. The van der Waals surface area contributed by atoms with E-state index in [1.54, 1.807) is 0 Å². The molecule has 0 fully saturated rings. The molecule has 0 spiro atoms. The van der Waals surface area contributed by atoms with Gasteiger partial charge in [-0.15, -0.1) is 0 Å². The summed E-state index contributed by atoms with van der Waals surface area (Å²) in [5.74, 6) is -0.620. The van der Waals surface area contributed by atoms with Gasteiger partial charge in [-0.1, -0.05) is 70.4 Å². The molecule has 0 aromatic rings. The molecule has 0 amide bonds. The fourth-order valence-corrected chi connectivity index (χ4v) is 3.49. The van der Waals surface area contributed by atoms with Gasteiger partial charge in [0.15, 0.2) is 10.5 Å². The van der Waals surface area contributed by atoms with Crippen LogP contribution in [0.25, 0.3) is 0 Å². The first-order chi connectivity index (χ1) is 12.8. The number of unbranched alkanes of at least 4 members (excludes halogenated alkanes) is 11. The van der Waals surface area contributed by atoms with Crippen molar-refractivity contribution in [2.75, 3.05) is 6.61 Å². The fraction of sp³-hybridized carbons (Fsp3) is 0.857. The molecule has 1 atom stereocenters. The molecule has 0 heterocycles. The first kappa shape index (κ1) is 26.3. The zero-order valence-corrected chi connectivity index (χ0v) is 18.1. The summed E-state index contributed by atoms with van der Waals surface area (Å²) in [6.45, 7) is 2.41. The van der Waals surface area contributed by atoms with E-state index in [1.807, 2.05) is 0 Å². The third-order valence-electron chi connectivity index (χ3n) is 5.13. The van der Waals surface area contributed by atoms with Gasteiger partial charge in [0.05, 0.1) is 6.61 Å². The van der Waals surface area contributed by atoms with Crippen molar-refractivity contribution in [2.45, 2.75) is 108 Å². The topological polar surface area (TPSA) is 91.7 Å². The Bertz CT molecular complexity index is 513. The number of carbonyl (C=O) groups excluding carboxylic acids is 1. The Morgan fingerprint density at radius 2 is 1.30 bits per heavy atom. The van der Waals surface area contributed by atoms with E-state index in [1.165, 1.54) is 44.9 Å².